The van der Waals surface area contributed by atoms with E-state index in [0.717, 1.165) is 41.3 Å². The Labute approximate surface area is 386 Å². The van der Waals surface area contributed by atoms with E-state index in [1.807, 2.05) is 0 Å². The summed E-state index contributed by atoms with van der Waals surface area (Å²) < 4.78 is 4.88. The number of rotatable bonds is 13. The quantitative estimate of drug-likeness (QED) is 0.0826. The van der Waals surface area contributed by atoms with Crippen molar-refractivity contribution in [1.29, 1.82) is 0 Å². The zero-order valence-corrected chi connectivity index (χ0v) is 40.5. The fourth-order valence-electron chi connectivity index (χ4n) is 10.8. The Morgan fingerprint density at radius 1 is 0.613 bits per heavy atom. The van der Waals surface area contributed by atoms with E-state index < -0.39 is 0 Å². The summed E-state index contributed by atoms with van der Waals surface area (Å²) >= 11 is 7.48. The molecule has 0 atom stereocenters. The monoisotopic (exact) mass is 941 g/mol. The molecule has 0 saturated carbocycles. The van der Waals surface area contributed by atoms with Crippen molar-refractivity contribution in [3.63, 3.8) is 0 Å². The summed E-state index contributed by atoms with van der Waals surface area (Å²) in [5.74, 6) is 0. The summed E-state index contributed by atoms with van der Waals surface area (Å²) in [5, 5.41) is 5.25. The molecule has 2 heterocycles. The van der Waals surface area contributed by atoms with Crippen LogP contribution in [0.25, 0.3) is 32.7 Å². The van der Waals surface area contributed by atoms with Gasteiger partial charge in [0.05, 0.1) is 5.41 Å². The minimum atomic E-state index is -0.183. The second-order valence-corrected chi connectivity index (χ2v) is 20.4. The number of unbranched alkanes of at least 4 members (excludes halogenated alkanes) is 4. The van der Waals surface area contributed by atoms with Crippen LogP contribution in [0.5, 0.6) is 0 Å². The number of hydrogen-bond acceptors (Lipinski definition) is 1. The highest BCUT2D eigenvalue weighted by Gasteiger charge is 2.46. The van der Waals surface area contributed by atoms with E-state index in [1.54, 1.807) is 0 Å². The van der Waals surface area contributed by atoms with Crippen LogP contribution in [0.15, 0.2) is 160 Å². The largest absolute Gasteiger partial charge is 0.344 e. The number of halogens is 2. The molecule has 3 aliphatic rings. The standard InChI is InChI=1S/C58H59Br2N2/c1-7-9-16-34-61-51-30-22-40-37-42(59)24-26-44(40)55(51)57(3,4)53(61)32-28-48-46-20-14-15-21-47(46)49(50(48)36-39-18-12-11-13-19-39)29-33-54-58(5,6)56-45-27-25-43(60)38-41(45)23-31-52(56)62(54)35-17-10-8-2/h11-15,18-33,37-38H,7-10,16-17,34-36H2,1-6H3/q+1. The van der Waals surface area contributed by atoms with Gasteiger partial charge in [-0.15, -0.1) is 0 Å². The van der Waals surface area contributed by atoms with E-state index in [0.29, 0.717) is 0 Å². The average molecular weight is 944 g/mol. The van der Waals surface area contributed by atoms with Gasteiger partial charge in [-0.1, -0.05) is 158 Å². The minimum Gasteiger partial charge on any atom is -0.344 e. The van der Waals surface area contributed by atoms with Crippen LogP contribution >= 0.6 is 31.9 Å². The van der Waals surface area contributed by atoms with Crippen molar-refractivity contribution in [3.05, 3.63) is 188 Å². The Balaban J connectivity index is 1.21. The second-order valence-electron chi connectivity index (χ2n) is 18.6. The summed E-state index contributed by atoms with van der Waals surface area (Å²) in [4.78, 5) is 2.64. The highest BCUT2D eigenvalue weighted by Crippen LogP contribution is 2.52. The lowest BCUT2D eigenvalue weighted by atomic mass is 9.79. The summed E-state index contributed by atoms with van der Waals surface area (Å²) in [6, 6.07) is 43.1. The lowest BCUT2D eigenvalue weighted by Gasteiger charge is -2.27. The molecule has 0 bridgehead atoms. The number of hydrogen-bond donors (Lipinski definition) is 0. The normalized spacial score (nSPS) is 17.7. The fraction of sp³-hybridized carbons (Fsp3) is 0.293. The Bertz CT molecular complexity index is 2870. The maximum absolute atomic E-state index is 3.74. The second kappa shape index (κ2) is 17.4. The lowest BCUT2D eigenvalue weighted by Crippen LogP contribution is -2.28. The van der Waals surface area contributed by atoms with Crippen LogP contribution in [0.1, 0.15) is 108 Å². The van der Waals surface area contributed by atoms with Crippen LogP contribution in [0.3, 0.4) is 0 Å². The molecule has 0 radical (unpaired) electrons. The first-order chi connectivity index (χ1) is 30.0. The van der Waals surface area contributed by atoms with E-state index in [9.17, 15) is 0 Å². The molecule has 1 aliphatic carbocycles. The molecule has 0 amide bonds. The van der Waals surface area contributed by atoms with Crippen molar-refractivity contribution in [2.24, 2.45) is 0 Å². The molecule has 314 valence electrons. The van der Waals surface area contributed by atoms with Gasteiger partial charge in [0.25, 0.3) is 0 Å². The Morgan fingerprint density at radius 2 is 1.26 bits per heavy atom. The van der Waals surface area contributed by atoms with E-state index in [4.69, 9.17) is 0 Å². The summed E-state index contributed by atoms with van der Waals surface area (Å²) in [7, 11) is 0. The first kappa shape index (κ1) is 42.5. The van der Waals surface area contributed by atoms with Crippen LogP contribution in [-0.4, -0.2) is 23.4 Å². The number of anilines is 1. The number of fused-ring (bicyclic) bond motifs is 7. The Morgan fingerprint density at radius 3 is 1.97 bits per heavy atom. The summed E-state index contributed by atoms with van der Waals surface area (Å²) in [6.45, 7) is 16.4. The average Bonchev–Trinajstić information content (AvgIpc) is 3.76. The van der Waals surface area contributed by atoms with Crippen molar-refractivity contribution < 1.29 is 4.58 Å². The number of nitrogens with zero attached hydrogens (tertiary/aromatic N) is 2. The van der Waals surface area contributed by atoms with Gasteiger partial charge in [0.15, 0.2) is 5.71 Å². The van der Waals surface area contributed by atoms with Gasteiger partial charge in [-0.05, 0) is 142 Å². The third kappa shape index (κ3) is 7.60. The molecule has 6 aromatic carbocycles. The van der Waals surface area contributed by atoms with E-state index >= 15 is 0 Å². The smallest absolute Gasteiger partial charge is 0.210 e. The molecule has 4 heteroatoms. The van der Waals surface area contributed by atoms with E-state index in [2.05, 4.69) is 222 Å². The van der Waals surface area contributed by atoms with Gasteiger partial charge < -0.3 is 4.90 Å². The molecule has 0 fully saturated rings. The van der Waals surface area contributed by atoms with Crippen molar-refractivity contribution in [2.75, 3.05) is 18.0 Å². The first-order valence-electron chi connectivity index (χ1n) is 22.9. The van der Waals surface area contributed by atoms with Crippen molar-refractivity contribution >= 4 is 81.6 Å². The predicted octanol–water partition coefficient (Wildman–Crippen LogP) is 16.6. The van der Waals surface area contributed by atoms with Gasteiger partial charge in [0.2, 0.25) is 5.69 Å². The zero-order valence-electron chi connectivity index (χ0n) is 37.3. The minimum absolute atomic E-state index is 0.183. The molecular weight excluding hydrogens is 884 g/mol. The molecule has 0 unspecified atom stereocenters. The lowest BCUT2D eigenvalue weighted by molar-refractivity contribution is -0.438. The van der Waals surface area contributed by atoms with Crippen molar-refractivity contribution in [1.82, 2.24) is 0 Å². The maximum atomic E-state index is 3.74. The van der Waals surface area contributed by atoms with Crippen molar-refractivity contribution in [2.45, 2.75) is 97.3 Å². The summed E-state index contributed by atoms with van der Waals surface area (Å²) in [5.41, 5.74) is 15.9. The van der Waals surface area contributed by atoms with Gasteiger partial charge in [0, 0.05) is 56.4 Å². The fourth-order valence-corrected chi connectivity index (χ4v) is 11.5. The highest BCUT2D eigenvalue weighted by atomic mass is 79.9. The third-order valence-electron chi connectivity index (χ3n) is 13.8. The van der Waals surface area contributed by atoms with Crippen LogP contribution in [0.4, 0.5) is 11.4 Å². The van der Waals surface area contributed by atoms with E-state index in [1.165, 1.54) is 115 Å². The van der Waals surface area contributed by atoms with Crippen LogP contribution < -0.4 is 4.90 Å². The van der Waals surface area contributed by atoms with Gasteiger partial charge in [-0.25, -0.2) is 0 Å². The molecule has 0 saturated heterocycles. The van der Waals surface area contributed by atoms with Gasteiger partial charge in [0.1, 0.15) is 6.54 Å². The Kier molecular flexibility index (Phi) is 11.9. The topological polar surface area (TPSA) is 6.25 Å². The van der Waals surface area contributed by atoms with Gasteiger partial charge in [-0.3, -0.25) is 0 Å². The third-order valence-corrected chi connectivity index (χ3v) is 14.8. The molecular formula is C58H59Br2N2+. The molecule has 0 N–H and O–H groups in total. The van der Waals surface area contributed by atoms with Crippen molar-refractivity contribution in [3.8, 4) is 0 Å². The predicted molar refractivity (Wildman–Crippen MR) is 274 cm³/mol. The first-order valence-corrected chi connectivity index (χ1v) is 24.5. The summed E-state index contributed by atoms with van der Waals surface area (Å²) in [6.07, 6.45) is 17.9. The molecule has 2 nitrogen and oxygen atoms in total. The van der Waals surface area contributed by atoms with Gasteiger partial charge in [-0.2, -0.15) is 4.58 Å². The van der Waals surface area contributed by atoms with Crippen LogP contribution in [0.2, 0.25) is 0 Å². The molecule has 62 heavy (non-hydrogen) atoms. The molecule has 6 aromatic rings. The molecule has 0 spiro atoms. The number of benzene rings is 6. The Hall–Kier alpha value is -4.77. The van der Waals surface area contributed by atoms with Crippen LogP contribution in [0, 0.1) is 0 Å². The van der Waals surface area contributed by atoms with Crippen LogP contribution in [-0.2, 0) is 17.3 Å². The zero-order chi connectivity index (χ0) is 43.2. The maximum Gasteiger partial charge on any atom is 0.210 e. The van der Waals surface area contributed by atoms with E-state index in [-0.39, 0.29) is 10.8 Å². The SMILES string of the molecule is CCCCCN1/C(=C/C=C2C(Cc3ccccc3)=C(/C=C/C3=[N+](CCCCC)c4ccc5cc(Br)ccc5c4C3(C)C)c3ccccc3/2)C(C)(C)c2c1ccc1cc(Br)ccc21. The van der Waals surface area contributed by atoms with Gasteiger partial charge >= 0.3 is 0 Å². The molecule has 2 aliphatic heterocycles. The highest BCUT2D eigenvalue weighted by molar-refractivity contribution is 9.10. The number of allylic oxidation sites excluding steroid dienone is 8. The molecule has 0 aromatic heterocycles. The molecule has 9 rings (SSSR count).